The van der Waals surface area contributed by atoms with Crippen LogP contribution >= 0.6 is 0 Å². The molecular weight excluding hydrogens is 208 g/mol. The lowest BCUT2D eigenvalue weighted by atomic mass is 9.90. The number of hydrogen-bond donors (Lipinski definition) is 2. The van der Waals surface area contributed by atoms with Crippen molar-refractivity contribution in [2.24, 2.45) is 5.92 Å². The first kappa shape index (κ1) is 12.6. The van der Waals surface area contributed by atoms with E-state index in [-0.39, 0.29) is 0 Å². The first-order valence-corrected chi connectivity index (χ1v) is 6.97. The third-order valence-electron chi connectivity index (χ3n) is 4.24. The van der Waals surface area contributed by atoms with Gasteiger partial charge in [0.15, 0.2) is 0 Å². The van der Waals surface area contributed by atoms with Crippen LogP contribution < -0.4 is 10.6 Å². The van der Waals surface area contributed by atoms with E-state index in [9.17, 15) is 0 Å². The molecule has 1 atom stereocenters. The van der Waals surface area contributed by atoms with Gasteiger partial charge in [-0.25, -0.2) is 0 Å². The molecule has 1 saturated heterocycles. The van der Waals surface area contributed by atoms with Crippen LogP contribution in [0.5, 0.6) is 0 Å². The molecule has 0 unspecified atom stereocenters. The van der Waals surface area contributed by atoms with E-state index in [4.69, 9.17) is 0 Å². The van der Waals surface area contributed by atoms with Gasteiger partial charge in [0, 0.05) is 0 Å². The Bertz CT molecular complexity index is 315. The van der Waals surface area contributed by atoms with E-state index >= 15 is 0 Å². The maximum absolute atomic E-state index is 4.03. The lowest BCUT2D eigenvalue weighted by Crippen LogP contribution is -3.17. The van der Waals surface area contributed by atoms with Crippen molar-refractivity contribution in [1.82, 2.24) is 0 Å². The fraction of sp³-hybridized carbons (Fsp3) is 0.600. The second kappa shape index (κ2) is 6.18. The van der Waals surface area contributed by atoms with Gasteiger partial charge in [0.25, 0.3) is 0 Å². The Balaban J connectivity index is 1.80. The van der Waals surface area contributed by atoms with Gasteiger partial charge < -0.3 is 10.6 Å². The summed E-state index contributed by atoms with van der Waals surface area (Å²) in [7, 11) is 0. The number of benzene rings is 1. The lowest BCUT2D eigenvalue weighted by Gasteiger charge is -2.32. The first-order valence-electron chi connectivity index (χ1n) is 6.97. The summed E-state index contributed by atoms with van der Waals surface area (Å²) >= 11 is 0. The number of likely N-dealkylation sites (tertiary alicyclic amines) is 1. The van der Waals surface area contributed by atoms with Crippen LogP contribution in [0.4, 0.5) is 0 Å². The van der Waals surface area contributed by atoms with Gasteiger partial charge in [-0.1, -0.05) is 30.3 Å². The van der Waals surface area contributed by atoms with E-state index < -0.39 is 0 Å². The average molecular weight is 234 g/mol. The highest BCUT2D eigenvalue weighted by Gasteiger charge is 2.25. The molecular formula is C15H26N2+2. The minimum atomic E-state index is 0.743. The van der Waals surface area contributed by atoms with Crippen LogP contribution in [0.1, 0.15) is 25.3 Å². The summed E-state index contributed by atoms with van der Waals surface area (Å²) in [6.45, 7) is 6.08. The minimum absolute atomic E-state index is 0.743. The monoisotopic (exact) mass is 234 g/mol. The van der Waals surface area contributed by atoms with Crippen molar-refractivity contribution in [1.29, 1.82) is 0 Å². The molecule has 4 N–H and O–H groups in total. The highest BCUT2D eigenvalue weighted by Crippen LogP contribution is 2.16. The molecule has 0 amide bonds. The quantitative estimate of drug-likeness (QED) is 0.744. The third-order valence-corrected chi connectivity index (χ3v) is 4.24. The Hall–Kier alpha value is -0.860. The first-order chi connectivity index (χ1) is 8.29. The van der Waals surface area contributed by atoms with Crippen LogP contribution in [0.3, 0.4) is 0 Å². The van der Waals surface area contributed by atoms with Crippen LogP contribution in [0.15, 0.2) is 30.3 Å². The molecule has 1 aliphatic rings. The molecule has 0 saturated carbocycles. The molecule has 2 heteroatoms. The Kier molecular flexibility index (Phi) is 4.57. The van der Waals surface area contributed by atoms with E-state index in [0.29, 0.717) is 0 Å². The fourth-order valence-corrected chi connectivity index (χ4v) is 2.90. The van der Waals surface area contributed by atoms with Gasteiger partial charge in [-0.3, -0.25) is 0 Å². The number of quaternary nitrogens is 2. The van der Waals surface area contributed by atoms with Gasteiger partial charge in [-0.15, -0.1) is 0 Å². The maximum Gasteiger partial charge on any atom is 0.134 e. The zero-order valence-electron chi connectivity index (χ0n) is 11.0. The van der Waals surface area contributed by atoms with Crippen molar-refractivity contribution >= 4 is 0 Å². The number of nitrogens with one attached hydrogen (secondary N) is 1. The van der Waals surface area contributed by atoms with Crippen molar-refractivity contribution in [2.45, 2.75) is 32.2 Å². The maximum atomic E-state index is 4.03. The van der Waals surface area contributed by atoms with E-state index in [1.807, 2.05) is 0 Å². The molecule has 1 aromatic rings. The topological polar surface area (TPSA) is 32.1 Å². The third kappa shape index (κ3) is 3.55. The number of hydrogen-bond acceptors (Lipinski definition) is 0. The average Bonchev–Trinajstić information content (AvgIpc) is 2.40. The van der Waals surface area contributed by atoms with Crippen molar-refractivity contribution in [3.63, 3.8) is 0 Å². The Morgan fingerprint density at radius 3 is 2.47 bits per heavy atom. The molecule has 2 rings (SSSR count). The van der Waals surface area contributed by atoms with Gasteiger partial charge in [0.1, 0.15) is 12.6 Å². The van der Waals surface area contributed by atoms with E-state index in [1.54, 1.807) is 4.90 Å². The van der Waals surface area contributed by atoms with Gasteiger partial charge in [0.05, 0.1) is 13.1 Å². The molecule has 1 heterocycles. The normalized spacial score (nSPS) is 26.7. The summed E-state index contributed by atoms with van der Waals surface area (Å²) in [4.78, 5) is 1.77. The van der Waals surface area contributed by atoms with Gasteiger partial charge in [0.2, 0.25) is 0 Å². The highest BCUT2D eigenvalue weighted by molar-refractivity contribution is 5.15. The zero-order chi connectivity index (χ0) is 12.1. The van der Waals surface area contributed by atoms with Crippen LogP contribution in [0.2, 0.25) is 0 Å². The Morgan fingerprint density at radius 1 is 1.24 bits per heavy atom. The largest absolute Gasteiger partial charge is 0.353 e. The molecule has 0 spiro atoms. The second-order valence-corrected chi connectivity index (χ2v) is 5.48. The molecule has 1 aliphatic heterocycles. The summed E-state index contributed by atoms with van der Waals surface area (Å²) in [6.07, 6.45) is 4.04. The van der Waals surface area contributed by atoms with Gasteiger partial charge in [-0.2, -0.15) is 0 Å². The molecule has 94 valence electrons. The standard InChI is InChI=1S/C15H24N2/c1-13(12-16)17-9-7-15(8-10-17)11-14-5-3-2-4-6-14/h2-6,13,15H,7-12,16H2,1H3/p+2/t13-/m1/s1. The lowest BCUT2D eigenvalue weighted by molar-refractivity contribution is -0.934. The van der Waals surface area contributed by atoms with Gasteiger partial charge >= 0.3 is 0 Å². The van der Waals surface area contributed by atoms with Crippen molar-refractivity contribution in [3.05, 3.63) is 35.9 Å². The SMILES string of the molecule is C[C@H](C[NH3+])[NH+]1CCC(Cc2ccccc2)CC1. The molecule has 1 fully saturated rings. The van der Waals surface area contributed by atoms with Crippen molar-refractivity contribution < 1.29 is 10.6 Å². The summed E-state index contributed by atoms with van der Waals surface area (Å²) in [6, 6.07) is 11.7. The highest BCUT2D eigenvalue weighted by atomic mass is 15.2. The predicted molar refractivity (Wildman–Crippen MR) is 70.8 cm³/mol. The van der Waals surface area contributed by atoms with Crippen LogP contribution in [0, 0.1) is 5.92 Å². The van der Waals surface area contributed by atoms with E-state index in [1.165, 1.54) is 37.9 Å². The second-order valence-electron chi connectivity index (χ2n) is 5.48. The summed E-state index contributed by atoms with van der Waals surface area (Å²) in [5.74, 6) is 0.901. The Labute approximate surface area is 105 Å². The predicted octanol–water partition coefficient (Wildman–Crippen LogP) is 0.154. The molecule has 0 radical (unpaired) electrons. The van der Waals surface area contributed by atoms with Crippen molar-refractivity contribution in [3.8, 4) is 0 Å². The van der Waals surface area contributed by atoms with Gasteiger partial charge in [-0.05, 0) is 37.7 Å². The fourth-order valence-electron chi connectivity index (χ4n) is 2.90. The van der Waals surface area contributed by atoms with Crippen LogP contribution in [0.25, 0.3) is 0 Å². The van der Waals surface area contributed by atoms with Crippen LogP contribution in [-0.2, 0) is 6.42 Å². The molecule has 0 aliphatic carbocycles. The molecule has 1 aromatic carbocycles. The van der Waals surface area contributed by atoms with E-state index in [2.05, 4.69) is 43.0 Å². The minimum Gasteiger partial charge on any atom is -0.353 e. The molecule has 0 bridgehead atoms. The number of piperidine rings is 1. The number of rotatable bonds is 4. The molecule has 2 nitrogen and oxygen atoms in total. The zero-order valence-corrected chi connectivity index (χ0v) is 11.0. The van der Waals surface area contributed by atoms with E-state index in [0.717, 1.165) is 18.5 Å². The molecule has 17 heavy (non-hydrogen) atoms. The summed E-state index contributed by atoms with van der Waals surface area (Å²) in [5.41, 5.74) is 5.53. The molecule has 0 aromatic heterocycles. The van der Waals surface area contributed by atoms with Crippen molar-refractivity contribution in [2.75, 3.05) is 19.6 Å². The smallest absolute Gasteiger partial charge is 0.134 e. The Morgan fingerprint density at radius 2 is 1.88 bits per heavy atom. The summed E-state index contributed by atoms with van der Waals surface area (Å²) in [5, 5.41) is 0. The summed E-state index contributed by atoms with van der Waals surface area (Å²) < 4.78 is 0. The van der Waals surface area contributed by atoms with Crippen LogP contribution in [-0.4, -0.2) is 25.7 Å².